The van der Waals surface area contributed by atoms with E-state index in [4.69, 9.17) is 4.74 Å². The Labute approximate surface area is 120 Å². The molecule has 3 rings (SSSR count). The fraction of sp³-hybridized carbons (Fsp3) is 0.200. The van der Waals surface area contributed by atoms with Gasteiger partial charge in [0.2, 0.25) is 0 Å². The topological polar surface area (TPSA) is 49.0 Å². The average Bonchev–Trinajstić information content (AvgIpc) is 2.99. The Morgan fingerprint density at radius 1 is 1.38 bits per heavy atom. The minimum atomic E-state index is -0.291. The van der Waals surface area contributed by atoms with Crippen LogP contribution in [0.1, 0.15) is 16.1 Å². The van der Waals surface area contributed by atoms with E-state index >= 15 is 0 Å². The van der Waals surface area contributed by atoms with Crippen LogP contribution in [0.2, 0.25) is 0 Å². The first-order chi connectivity index (χ1) is 10.2. The number of carbonyl (C=O) groups excluding carboxylic acids is 1. The Kier molecular flexibility index (Phi) is 3.31. The molecule has 0 fully saturated rings. The Balaban J connectivity index is 2.25. The maximum Gasteiger partial charge on any atom is 0.155 e. The van der Waals surface area contributed by atoms with Crippen LogP contribution in [0, 0.1) is 5.82 Å². The van der Waals surface area contributed by atoms with Gasteiger partial charge in [-0.2, -0.15) is 5.10 Å². The number of ether oxygens (including phenoxy) is 1. The van der Waals surface area contributed by atoms with E-state index < -0.39 is 0 Å². The van der Waals surface area contributed by atoms with Crippen LogP contribution < -0.4 is 0 Å². The molecule has 5 nitrogen and oxygen atoms in total. The molecular formula is C15H14FN3O2. The zero-order valence-electron chi connectivity index (χ0n) is 11.7. The third-order valence-corrected chi connectivity index (χ3v) is 3.41. The second-order valence-electron chi connectivity index (χ2n) is 4.75. The number of aldehydes is 1. The van der Waals surface area contributed by atoms with Gasteiger partial charge < -0.3 is 9.30 Å². The molecule has 0 bridgehead atoms. The zero-order chi connectivity index (χ0) is 15.0. The Bertz CT molecular complexity index is 820. The van der Waals surface area contributed by atoms with Gasteiger partial charge in [-0.15, -0.1) is 0 Å². The van der Waals surface area contributed by atoms with Gasteiger partial charge in [0.15, 0.2) is 6.29 Å². The number of halogens is 1. The molecule has 2 aromatic heterocycles. The standard InChI is InChI=1S/C15H14FN3O2/c1-18-15(12(8-20)13(17-18)9-21-2)19-6-5-10-7-11(16)3-4-14(10)19/h3-8H,9H2,1-2H3. The van der Waals surface area contributed by atoms with Crippen LogP contribution in [0.5, 0.6) is 0 Å². The molecule has 0 unspecified atom stereocenters. The minimum absolute atomic E-state index is 0.260. The molecule has 0 radical (unpaired) electrons. The third-order valence-electron chi connectivity index (χ3n) is 3.41. The summed E-state index contributed by atoms with van der Waals surface area (Å²) in [5.41, 5.74) is 1.86. The summed E-state index contributed by atoms with van der Waals surface area (Å²) in [4.78, 5) is 11.4. The highest BCUT2D eigenvalue weighted by atomic mass is 19.1. The van der Waals surface area contributed by atoms with Crippen molar-refractivity contribution in [3.8, 4) is 5.82 Å². The van der Waals surface area contributed by atoms with Crippen molar-refractivity contribution < 1.29 is 13.9 Å². The quantitative estimate of drug-likeness (QED) is 0.693. The van der Waals surface area contributed by atoms with E-state index in [9.17, 15) is 9.18 Å². The average molecular weight is 287 g/mol. The number of aryl methyl sites for hydroxylation is 1. The number of hydrogen-bond acceptors (Lipinski definition) is 3. The molecule has 0 aliphatic heterocycles. The van der Waals surface area contributed by atoms with Crippen molar-refractivity contribution in [2.45, 2.75) is 6.61 Å². The molecular weight excluding hydrogens is 273 g/mol. The van der Waals surface area contributed by atoms with Crippen LogP contribution in [-0.4, -0.2) is 27.7 Å². The predicted molar refractivity (Wildman–Crippen MR) is 76.1 cm³/mol. The van der Waals surface area contributed by atoms with Crippen LogP contribution in [0.4, 0.5) is 4.39 Å². The van der Waals surface area contributed by atoms with Gasteiger partial charge in [-0.3, -0.25) is 9.48 Å². The molecule has 1 aromatic carbocycles. The molecule has 2 heterocycles. The molecule has 0 saturated heterocycles. The fourth-order valence-corrected chi connectivity index (χ4v) is 2.53. The summed E-state index contributed by atoms with van der Waals surface area (Å²) < 4.78 is 21.8. The molecule has 0 atom stereocenters. The lowest BCUT2D eigenvalue weighted by Gasteiger charge is -2.07. The highest BCUT2D eigenvalue weighted by Gasteiger charge is 2.18. The molecule has 3 aromatic rings. The van der Waals surface area contributed by atoms with E-state index in [2.05, 4.69) is 5.10 Å². The number of rotatable bonds is 4. The van der Waals surface area contributed by atoms with E-state index in [1.807, 2.05) is 4.57 Å². The molecule has 0 aliphatic rings. The number of fused-ring (bicyclic) bond motifs is 1. The van der Waals surface area contributed by atoms with Crippen molar-refractivity contribution in [3.63, 3.8) is 0 Å². The number of hydrogen-bond donors (Lipinski definition) is 0. The minimum Gasteiger partial charge on any atom is -0.378 e. The lowest BCUT2D eigenvalue weighted by atomic mass is 10.2. The third kappa shape index (κ3) is 2.13. The van der Waals surface area contributed by atoms with Crippen LogP contribution in [0.15, 0.2) is 30.5 Å². The Morgan fingerprint density at radius 2 is 2.19 bits per heavy atom. The van der Waals surface area contributed by atoms with Crippen LogP contribution >= 0.6 is 0 Å². The lowest BCUT2D eigenvalue weighted by molar-refractivity contribution is 0.111. The molecule has 0 saturated carbocycles. The summed E-state index contributed by atoms with van der Waals surface area (Å²) in [7, 11) is 3.31. The number of nitrogens with zero attached hydrogens (tertiary/aromatic N) is 3. The van der Waals surface area contributed by atoms with Crippen LogP contribution in [0.3, 0.4) is 0 Å². The van der Waals surface area contributed by atoms with Crippen LogP contribution in [-0.2, 0) is 18.4 Å². The summed E-state index contributed by atoms with van der Waals surface area (Å²) in [6.07, 6.45) is 2.57. The van der Waals surface area contributed by atoms with Crippen molar-refractivity contribution in [1.29, 1.82) is 0 Å². The van der Waals surface area contributed by atoms with Crippen molar-refractivity contribution >= 4 is 17.2 Å². The summed E-state index contributed by atoms with van der Waals surface area (Å²) in [5.74, 6) is 0.347. The number of aromatic nitrogens is 3. The van der Waals surface area contributed by atoms with Gasteiger partial charge in [-0.05, 0) is 24.3 Å². The normalized spacial score (nSPS) is 11.2. The number of benzene rings is 1. The second-order valence-corrected chi connectivity index (χ2v) is 4.75. The first-order valence-corrected chi connectivity index (χ1v) is 6.42. The van der Waals surface area contributed by atoms with Crippen molar-refractivity contribution in [2.75, 3.05) is 7.11 Å². The van der Waals surface area contributed by atoms with E-state index in [0.717, 1.165) is 17.2 Å². The summed E-state index contributed by atoms with van der Waals surface area (Å²) in [6, 6.07) is 6.34. The summed E-state index contributed by atoms with van der Waals surface area (Å²) in [6.45, 7) is 0.260. The highest BCUT2D eigenvalue weighted by molar-refractivity contribution is 5.86. The molecule has 108 valence electrons. The Hall–Kier alpha value is -2.47. The van der Waals surface area contributed by atoms with Crippen molar-refractivity contribution in [1.82, 2.24) is 14.3 Å². The molecule has 0 spiro atoms. The van der Waals surface area contributed by atoms with Crippen LogP contribution in [0.25, 0.3) is 16.7 Å². The van der Waals surface area contributed by atoms with E-state index in [-0.39, 0.29) is 12.4 Å². The molecule has 0 aliphatic carbocycles. The van der Waals surface area contributed by atoms with E-state index in [1.165, 1.54) is 12.1 Å². The number of carbonyl (C=O) groups is 1. The maximum atomic E-state index is 13.3. The smallest absolute Gasteiger partial charge is 0.155 e. The molecule has 21 heavy (non-hydrogen) atoms. The Morgan fingerprint density at radius 3 is 2.90 bits per heavy atom. The fourth-order valence-electron chi connectivity index (χ4n) is 2.53. The first-order valence-electron chi connectivity index (χ1n) is 6.42. The second kappa shape index (κ2) is 5.14. The first kappa shape index (κ1) is 13.5. The van der Waals surface area contributed by atoms with Gasteiger partial charge in [0.05, 0.1) is 17.7 Å². The van der Waals surface area contributed by atoms with Crippen molar-refractivity contribution in [2.24, 2.45) is 7.05 Å². The van der Waals surface area contributed by atoms with Gasteiger partial charge in [-0.25, -0.2) is 4.39 Å². The predicted octanol–water partition coefficient (Wildman–Crippen LogP) is 2.46. The van der Waals surface area contributed by atoms with E-state index in [0.29, 0.717) is 17.1 Å². The number of methoxy groups -OCH3 is 1. The van der Waals surface area contributed by atoms with Crippen molar-refractivity contribution in [3.05, 3.63) is 47.5 Å². The van der Waals surface area contributed by atoms with Gasteiger partial charge >= 0.3 is 0 Å². The van der Waals surface area contributed by atoms with Gasteiger partial charge in [0.25, 0.3) is 0 Å². The maximum absolute atomic E-state index is 13.3. The molecule has 6 heteroatoms. The monoisotopic (exact) mass is 287 g/mol. The van der Waals surface area contributed by atoms with Gasteiger partial charge in [-0.1, -0.05) is 0 Å². The van der Waals surface area contributed by atoms with Gasteiger partial charge in [0.1, 0.15) is 17.3 Å². The summed E-state index contributed by atoms with van der Waals surface area (Å²) >= 11 is 0. The zero-order valence-corrected chi connectivity index (χ0v) is 11.7. The summed E-state index contributed by atoms with van der Waals surface area (Å²) in [5, 5.41) is 5.08. The van der Waals surface area contributed by atoms with Gasteiger partial charge in [0, 0.05) is 25.7 Å². The van der Waals surface area contributed by atoms with E-state index in [1.54, 1.807) is 37.2 Å². The molecule has 0 amide bonds. The molecule has 0 N–H and O–H groups in total. The largest absolute Gasteiger partial charge is 0.378 e. The lowest BCUT2D eigenvalue weighted by Crippen LogP contribution is -2.03. The highest BCUT2D eigenvalue weighted by Crippen LogP contribution is 2.24. The SMILES string of the molecule is COCc1nn(C)c(-n2ccc3cc(F)ccc32)c1C=O.